The van der Waals surface area contributed by atoms with E-state index in [2.05, 4.69) is 5.32 Å². The number of benzene rings is 1. The minimum Gasteiger partial charge on any atom is -0.480 e. The second-order valence-electron chi connectivity index (χ2n) is 5.74. The number of nitrogens with one attached hydrogen (secondary N) is 1. The molecule has 1 aliphatic heterocycles. The monoisotopic (exact) mass is 370 g/mol. The van der Waals surface area contributed by atoms with E-state index >= 15 is 0 Å². The molecule has 1 aromatic rings. The van der Waals surface area contributed by atoms with Gasteiger partial charge in [0.25, 0.3) is 5.91 Å². The normalized spacial score (nSPS) is 18.7. The number of nitrogens with zero attached hydrogens (tertiary/aromatic N) is 1. The zero-order chi connectivity index (χ0) is 18.4. The minimum absolute atomic E-state index is 0.0833. The molecule has 2 N–H and O–H groups in total. The largest absolute Gasteiger partial charge is 0.480 e. The summed E-state index contributed by atoms with van der Waals surface area (Å²) in [5.41, 5.74) is 0.195. The van der Waals surface area contributed by atoms with Crippen LogP contribution in [0.15, 0.2) is 29.2 Å². The number of carboxylic acids is 1. The van der Waals surface area contributed by atoms with Gasteiger partial charge in [-0.25, -0.2) is 8.42 Å². The quantitative estimate of drug-likeness (QED) is 0.683. The Morgan fingerprint density at radius 1 is 1.36 bits per heavy atom. The summed E-state index contributed by atoms with van der Waals surface area (Å²) in [6.07, 6.45) is 1.57. The maximum absolute atomic E-state index is 12.8. The van der Waals surface area contributed by atoms with Gasteiger partial charge in [0.15, 0.2) is 0 Å². The Kier molecular flexibility index (Phi) is 6.51. The highest BCUT2D eigenvalue weighted by Gasteiger charge is 2.37. The van der Waals surface area contributed by atoms with Gasteiger partial charge >= 0.3 is 5.97 Å². The molecule has 0 aliphatic carbocycles. The lowest BCUT2D eigenvalue weighted by molar-refractivity contribution is -0.142. The number of amides is 1. The van der Waals surface area contributed by atoms with Crippen LogP contribution in [0, 0.1) is 0 Å². The zero-order valence-electron chi connectivity index (χ0n) is 14.0. The fraction of sp³-hybridized carbons (Fsp3) is 0.500. The number of piperidine rings is 1. The van der Waals surface area contributed by atoms with E-state index in [1.807, 2.05) is 0 Å². The van der Waals surface area contributed by atoms with Gasteiger partial charge in [0.05, 0.1) is 11.5 Å². The Morgan fingerprint density at radius 2 is 2.12 bits per heavy atom. The number of hydrogen-bond acceptors (Lipinski definition) is 5. The fourth-order valence-electron chi connectivity index (χ4n) is 2.74. The Hall–Kier alpha value is -1.97. The Balaban J connectivity index is 2.25. The van der Waals surface area contributed by atoms with Crippen LogP contribution in [-0.4, -0.2) is 62.6 Å². The van der Waals surface area contributed by atoms with E-state index < -0.39 is 27.9 Å². The van der Waals surface area contributed by atoms with Gasteiger partial charge < -0.3 is 15.2 Å². The molecule has 1 aliphatic rings. The van der Waals surface area contributed by atoms with E-state index in [0.717, 1.165) is 4.31 Å². The van der Waals surface area contributed by atoms with Gasteiger partial charge in [0.1, 0.15) is 6.04 Å². The van der Waals surface area contributed by atoms with Gasteiger partial charge in [-0.15, -0.1) is 0 Å². The van der Waals surface area contributed by atoms with Crippen LogP contribution in [0.1, 0.15) is 29.6 Å². The van der Waals surface area contributed by atoms with E-state index in [-0.39, 0.29) is 23.4 Å². The predicted octanol–water partition coefficient (Wildman–Crippen LogP) is 0.691. The van der Waals surface area contributed by atoms with Gasteiger partial charge in [-0.1, -0.05) is 6.07 Å². The van der Waals surface area contributed by atoms with E-state index in [9.17, 15) is 23.1 Å². The van der Waals surface area contributed by atoms with Gasteiger partial charge in [-0.2, -0.15) is 4.31 Å². The summed E-state index contributed by atoms with van der Waals surface area (Å²) in [7, 11) is -2.48. The maximum Gasteiger partial charge on any atom is 0.322 e. The second kappa shape index (κ2) is 8.41. The molecule has 1 aromatic carbocycles. The van der Waals surface area contributed by atoms with Crippen molar-refractivity contribution in [2.75, 3.05) is 26.8 Å². The lowest BCUT2D eigenvalue weighted by Gasteiger charge is -2.31. The van der Waals surface area contributed by atoms with E-state index in [0.29, 0.717) is 26.0 Å². The van der Waals surface area contributed by atoms with Crippen molar-refractivity contribution in [2.45, 2.75) is 30.2 Å². The molecular weight excluding hydrogens is 348 g/mol. The first-order chi connectivity index (χ1) is 11.9. The molecule has 0 saturated carbocycles. The third-order valence-corrected chi connectivity index (χ3v) is 5.94. The number of carboxylic acid groups (broad SMARTS) is 1. The van der Waals surface area contributed by atoms with E-state index in [1.165, 1.54) is 31.4 Å². The molecule has 1 atom stereocenters. The zero-order valence-corrected chi connectivity index (χ0v) is 14.8. The van der Waals surface area contributed by atoms with Crippen LogP contribution >= 0.6 is 0 Å². The maximum atomic E-state index is 12.8. The third kappa shape index (κ3) is 4.56. The average molecular weight is 370 g/mol. The third-order valence-electron chi connectivity index (χ3n) is 4.03. The summed E-state index contributed by atoms with van der Waals surface area (Å²) in [5, 5.41) is 11.9. The van der Waals surface area contributed by atoms with Crippen LogP contribution in [-0.2, 0) is 19.6 Å². The van der Waals surface area contributed by atoms with Crippen LogP contribution in [0.3, 0.4) is 0 Å². The van der Waals surface area contributed by atoms with Crippen LogP contribution in [0.25, 0.3) is 0 Å². The topological polar surface area (TPSA) is 113 Å². The first-order valence-corrected chi connectivity index (χ1v) is 9.44. The van der Waals surface area contributed by atoms with E-state index in [4.69, 9.17) is 4.74 Å². The molecule has 0 radical (unpaired) electrons. The molecule has 1 heterocycles. The first-order valence-electron chi connectivity index (χ1n) is 8.00. The SMILES string of the molecule is COCCNC(=O)c1cccc(S(=O)(=O)N2CCCCC2C(=O)O)c1. The predicted molar refractivity (Wildman–Crippen MR) is 89.8 cm³/mol. The van der Waals surface area contributed by atoms with Crippen molar-refractivity contribution < 1.29 is 27.9 Å². The first kappa shape index (κ1) is 19.4. The molecule has 0 aromatic heterocycles. The summed E-state index contributed by atoms with van der Waals surface area (Å²) in [6, 6.07) is 4.54. The van der Waals surface area contributed by atoms with Gasteiger partial charge in [0, 0.05) is 25.8 Å². The van der Waals surface area contributed by atoms with Crippen molar-refractivity contribution in [2.24, 2.45) is 0 Å². The Labute approximate surface area is 146 Å². The number of carbonyl (C=O) groups excluding carboxylic acids is 1. The number of carbonyl (C=O) groups is 2. The summed E-state index contributed by atoms with van der Waals surface area (Å²) >= 11 is 0. The molecular formula is C16H22N2O6S. The molecule has 1 unspecified atom stereocenters. The molecule has 0 spiro atoms. The highest BCUT2D eigenvalue weighted by atomic mass is 32.2. The standard InChI is InChI=1S/C16H22N2O6S/c1-24-10-8-17-15(19)12-5-4-6-13(11-12)25(22,23)18-9-3-2-7-14(18)16(20)21/h4-6,11,14H,2-3,7-10H2,1H3,(H,17,19)(H,20,21). The summed E-state index contributed by atoms with van der Waals surface area (Å²) in [5.74, 6) is -1.57. The number of rotatable bonds is 7. The van der Waals surface area contributed by atoms with Crippen molar-refractivity contribution in [1.29, 1.82) is 0 Å². The molecule has 1 saturated heterocycles. The molecule has 2 rings (SSSR count). The lowest BCUT2D eigenvalue weighted by Crippen LogP contribution is -2.47. The number of ether oxygens (including phenoxy) is 1. The Bertz CT molecular complexity index is 734. The van der Waals surface area contributed by atoms with Gasteiger partial charge in [-0.3, -0.25) is 9.59 Å². The van der Waals surface area contributed by atoms with Crippen molar-refractivity contribution in [3.63, 3.8) is 0 Å². The number of methoxy groups -OCH3 is 1. The van der Waals surface area contributed by atoms with Crippen molar-refractivity contribution in [1.82, 2.24) is 9.62 Å². The van der Waals surface area contributed by atoms with Crippen molar-refractivity contribution in [3.05, 3.63) is 29.8 Å². The smallest absolute Gasteiger partial charge is 0.322 e. The molecule has 9 heteroatoms. The molecule has 1 fully saturated rings. The van der Waals surface area contributed by atoms with Gasteiger partial charge in [0.2, 0.25) is 10.0 Å². The summed E-state index contributed by atoms with van der Waals surface area (Å²) in [4.78, 5) is 23.4. The van der Waals surface area contributed by atoms with E-state index in [1.54, 1.807) is 0 Å². The van der Waals surface area contributed by atoms with Crippen LogP contribution in [0.2, 0.25) is 0 Å². The van der Waals surface area contributed by atoms with Gasteiger partial charge in [-0.05, 0) is 37.5 Å². The van der Waals surface area contributed by atoms with Crippen molar-refractivity contribution in [3.8, 4) is 0 Å². The minimum atomic E-state index is -3.99. The number of sulfonamides is 1. The molecule has 25 heavy (non-hydrogen) atoms. The lowest BCUT2D eigenvalue weighted by atomic mass is 10.1. The molecule has 138 valence electrons. The van der Waals surface area contributed by atoms with Crippen LogP contribution in [0.5, 0.6) is 0 Å². The molecule has 0 bridgehead atoms. The summed E-state index contributed by atoms with van der Waals surface area (Å²) < 4.78 is 31.6. The fourth-order valence-corrected chi connectivity index (χ4v) is 4.44. The van der Waals surface area contributed by atoms with Crippen molar-refractivity contribution >= 4 is 21.9 Å². The molecule has 8 nitrogen and oxygen atoms in total. The van der Waals surface area contributed by atoms with Crippen LogP contribution in [0.4, 0.5) is 0 Å². The number of hydrogen-bond donors (Lipinski definition) is 2. The highest BCUT2D eigenvalue weighted by molar-refractivity contribution is 7.89. The average Bonchev–Trinajstić information content (AvgIpc) is 2.62. The highest BCUT2D eigenvalue weighted by Crippen LogP contribution is 2.26. The number of aliphatic carboxylic acids is 1. The molecule has 1 amide bonds. The second-order valence-corrected chi connectivity index (χ2v) is 7.63. The van der Waals surface area contributed by atoms with Crippen LogP contribution < -0.4 is 5.32 Å². The Morgan fingerprint density at radius 3 is 2.80 bits per heavy atom. The summed E-state index contributed by atoms with van der Waals surface area (Å²) in [6.45, 7) is 0.806.